The number of ether oxygens (including phenoxy) is 4. The van der Waals surface area contributed by atoms with Gasteiger partial charge in [-0.15, -0.1) is 0 Å². The number of pyridine rings is 1. The summed E-state index contributed by atoms with van der Waals surface area (Å²) in [5.74, 6) is -0.0173. The van der Waals surface area contributed by atoms with Crippen molar-refractivity contribution in [1.29, 1.82) is 0 Å². The Kier molecular flexibility index (Phi) is 12.6. The number of carbonyl (C=O) groups excluding carboxylic acids is 1. The highest BCUT2D eigenvalue weighted by Gasteiger charge is 2.50. The number of amides is 1. The number of aromatic amines is 1. The highest BCUT2D eigenvalue weighted by molar-refractivity contribution is 7.90. The molecule has 5 aromatic rings. The minimum atomic E-state index is -4.66. The predicted octanol–water partition coefficient (Wildman–Crippen LogP) is 7.22. The fourth-order valence-electron chi connectivity index (χ4n) is 10.8. The van der Waals surface area contributed by atoms with Crippen molar-refractivity contribution in [3.63, 3.8) is 0 Å². The molecule has 5 aliphatic rings. The second-order valence-electron chi connectivity index (χ2n) is 18.9. The van der Waals surface area contributed by atoms with Crippen molar-refractivity contribution in [1.82, 2.24) is 24.5 Å². The van der Waals surface area contributed by atoms with Gasteiger partial charge in [0.15, 0.2) is 11.4 Å². The number of nitro benzene ring substituents is 1. The summed E-state index contributed by atoms with van der Waals surface area (Å²) in [4.78, 5) is 40.2. The number of H-pyrrole nitrogens is 1. The van der Waals surface area contributed by atoms with E-state index in [4.69, 9.17) is 18.9 Å². The van der Waals surface area contributed by atoms with E-state index in [0.717, 1.165) is 82.2 Å². The zero-order valence-corrected chi connectivity index (χ0v) is 38.8. The Hall–Kier alpha value is -5.79. The van der Waals surface area contributed by atoms with E-state index >= 15 is 0 Å². The Labute approximate surface area is 390 Å². The van der Waals surface area contributed by atoms with Gasteiger partial charge in [0.05, 0.1) is 60.7 Å². The summed E-state index contributed by atoms with van der Waals surface area (Å²) in [5, 5.41) is 16.5. The number of aromatic nitrogens is 2. The smallest absolute Gasteiger partial charge is 0.297 e. The minimum Gasteiger partial charge on any atom is -0.491 e. The number of morpholine rings is 2. The first-order valence-corrected chi connectivity index (χ1v) is 24.9. The van der Waals surface area contributed by atoms with Crippen LogP contribution in [0.1, 0.15) is 79.4 Å². The van der Waals surface area contributed by atoms with Gasteiger partial charge in [0.25, 0.3) is 21.6 Å². The first-order chi connectivity index (χ1) is 32.4. The third-order valence-corrected chi connectivity index (χ3v) is 15.7. The molecule has 1 amide bonds. The number of sulfonamides is 1. The fourth-order valence-corrected chi connectivity index (χ4v) is 11.8. The lowest BCUT2D eigenvalue weighted by Crippen LogP contribution is -2.58. The molecule has 0 bridgehead atoms. The van der Waals surface area contributed by atoms with Crippen molar-refractivity contribution < 1.29 is 37.1 Å². The van der Waals surface area contributed by atoms with Crippen molar-refractivity contribution in [2.24, 2.45) is 5.41 Å². The number of anilines is 2. The zero-order valence-electron chi connectivity index (χ0n) is 37.9. The largest absolute Gasteiger partial charge is 0.491 e. The predicted molar refractivity (Wildman–Crippen MR) is 253 cm³/mol. The molecule has 2 atom stereocenters. The van der Waals surface area contributed by atoms with Crippen molar-refractivity contribution in [2.75, 3.05) is 82.5 Å². The third-order valence-electron chi connectivity index (χ3n) is 14.4. The zero-order chi connectivity index (χ0) is 46.3. The van der Waals surface area contributed by atoms with Gasteiger partial charge in [0.1, 0.15) is 17.1 Å². The second-order valence-corrected chi connectivity index (χ2v) is 20.6. The molecule has 17 nitrogen and oxygen atoms in total. The van der Waals surface area contributed by atoms with E-state index in [2.05, 4.69) is 72.8 Å². The molecule has 1 saturated carbocycles. The number of carbonyl (C=O) groups is 1. The highest BCUT2D eigenvalue weighted by Crippen LogP contribution is 2.53. The maximum atomic E-state index is 14.1. The molecule has 0 radical (unpaired) electrons. The minimum absolute atomic E-state index is 0.0194. The summed E-state index contributed by atoms with van der Waals surface area (Å²) in [7, 11) is -4.66. The van der Waals surface area contributed by atoms with E-state index in [1.807, 2.05) is 12.1 Å². The molecule has 1 spiro atoms. The lowest BCUT2D eigenvalue weighted by atomic mass is 9.59. The monoisotopic (exact) mass is 934 g/mol. The van der Waals surface area contributed by atoms with Gasteiger partial charge in [-0.1, -0.05) is 38.1 Å². The molecule has 3 N–H and O–H groups in total. The summed E-state index contributed by atoms with van der Waals surface area (Å²) in [5.41, 5.74) is 4.11. The SMILES string of the molecule is CC(C)c1ccccc1[C@@H]1COCCN1C1CC2(CCN(c3ccc(C(=O)NS(=O)(=O)c4cc5c(c([N+](=O)[O-])c4)N[C@@H](CN4CCOCC4)CCO5)c(Oc4cnc5[nH]ccc5c4)c3)CC2)C1. The third kappa shape index (κ3) is 9.41. The molecule has 3 aromatic carbocycles. The molecular weight excluding hydrogens is 877 g/mol. The average Bonchev–Trinajstić information content (AvgIpc) is 3.69. The first kappa shape index (κ1) is 45.0. The van der Waals surface area contributed by atoms with E-state index < -0.39 is 31.4 Å². The maximum Gasteiger partial charge on any atom is 0.297 e. The molecule has 6 heterocycles. The first-order valence-electron chi connectivity index (χ1n) is 23.4. The summed E-state index contributed by atoms with van der Waals surface area (Å²) >= 11 is 0. The van der Waals surface area contributed by atoms with Crippen LogP contribution in [-0.4, -0.2) is 123 Å². The number of piperidine rings is 1. The van der Waals surface area contributed by atoms with Crippen molar-refractivity contribution in [3.8, 4) is 17.2 Å². The molecule has 0 unspecified atom stereocenters. The van der Waals surface area contributed by atoms with Crippen LogP contribution in [0.5, 0.6) is 17.2 Å². The normalized spacial score (nSPS) is 21.5. The maximum absolute atomic E-state index is 14.1. The van der Waals surface area contributed by atoms with Crippen LogP contribution < -0.4 is 24.4 Å². The van der Waals surface area contributed by atoms with Gasteiger partial charge in [-0.3, -0.25) is 24.7 Å². The van der Waals surface area contributed by atoms with E-state index in [-0.39, 0.29) is 46.9 Å². The number of nitrogens with one attached hydrogen (secondary N) is 3. The second kappa shape index (κ2) is 18.7. The van der Waals surface area contributed by atoms with Crippen LogP contribution in [0.2, 0.25) is 0 Å². The number of nitro groups is 1. The Morgan fingerprint density at radius 2 is 1.78 bits per heavy atom. The Morgan fingerprint density at radius 1 is 0.985 bits per heavy atom. The number of rotatable bonds is 12. The Morgan fingerprint density at radius 3 is 2.57 bits per heavy atom. The summed E-state index contributed by atoms with van der Waals surface area (Å²) in [6.45, 7) is 12.0. The van der Waals surface area contributed by atoms with Gasteiger partial charge in [-0.2, -0.15) is 0 Å². The molecule has 4 fully saturated rings. The topological polar surface area (TPSA) is 194 Å². The van der Waals surface area contributed by atoms with Crippen LogP contribution in [0.3, 0.4) is 0 Å². The van der Waals surface area contributed by atoms with Crippen LogP contribution in [-0.2, 0) is 19.5 Å². The Bertz CT molecular complexity index is 2740. The van der Waals surface area contributed by atoms with Crippen LogP contribution in [0, 0.1) is 15.5 Å². The van der Waals surface area contributed by atoms with Crippen molar-refractivity contribution in [2.45, 2.75) is 74.9 Å². The lowest BCUT2D eigenvalue weighted by molar-refractivity contribution is -0.384. The van der Waals surface area contributed by atoms with E-state index in [1.165, 1.54) is 23.4 Å². The Balaban J connectivity index is 0.860. The van der Waals surface area contributed by atoms with Crippen molar-refractivity contribution in [3.05, 3.63) is 106 Å². The molecule has 354 valence electrons. The molecule has 67 heavy (non-hydrogen) atoms. The number of hydrogen-bond donors (Lipinski definition) is 3. The molecule has 18 heteroatoms. The lowest BCUT2D eigenvalue weighted by Gasteiger charge is -2.57. The number of fused-ring (bicyclic) bond motifs is 2. The van der Waals surface area contributed by atoms with Crippen LogP contribution >= 0.6 is 0 Å². The molecule has 3 saturated heterocycles. The number of benzene rings is 3. The number of nitrogens with zero attached hydrogens (tertiary/aromatic N) is 5. The van der Waals surface area contributed by atoms with Gasteiger partial charge in [-0.25, -0.2) is 18.1 Å². The van der Waals surface area contributed by atoms with Crippen molar-refractivity contribution >= 4 is 44.0 Å². The summed E-state index contributed by atoms with van der Waals surface area (Å²) < 4.78 is 54.0. The van der Waals surface area contributed by atoms with Gasteiger partial charge in [0.2, 0.25) is 0 Å². The van der Waals surface area contributed by atoms with E-state index in [9.17, 15) is 23.3 Å². The summed E-state index contributed by atoms with van der Waals surface area (Å²) in [6.07, 6.45) is 8.17. The van der Waals surface area contributed by atoms with Gasteiger partial charge >= 0.3 is 0 Å². The molecule has 4 aliphatic heterocycles. The van der Waals surface area contributed by atoms with E-state index in [1.54, 1.807) is 24.4 Å². The van der Waals surface area contributed by atoms with Crippen LogP contribution in [0.4, 0.5) is 17.1 Å². The highest BCUT2D eigenvalue weighted by atomic mass is 32.2. The fraction of sp³-hybridized carbons (Fsp3) is 0.469. The van der Waals surface area contributed by atoms with Gasteiger partial charge in [-0.05, 0) is 72.4 Å². The average molecular weight is 935 g/mol. The van der Waals surface area contributed by atoms with Crippen LogP contribution in [0.15, 0.2) is 84.0 Å². The quantitative estimate of drug-likeness (QED) is 0.0838. The molecule has 1 aliphatic carbocycles. The summed E-state index contributed by atoms with van der Waals surface area (Å²) in [6, 6.07) is 20.3. The molecular formula is C49H58N8O9S. The standard InChI is InChI=1S/C49H58N8O9S/c1-32(2)39-5-3-4-6-40(39)43-31-64-22-18-56(43)36-27-49(28-36)11-14-55(15-12-49)35-7-8-41(44(24-35)66-37-23-33-9-13-50-47(33)51-29-37)48(58)53-67(61,62)38-25-42(57(59)60)46-45(26-38)65-19-10-34(52-46)30-54-16-20-63-21-17-54/h3-9,13,23-26,29,32,34,36,43,52H,10-12,14-22,27-28,30-31H2,1-2H3,(H,50,51)(H,53,58)/t34-,43+/m1/s1. The van der Waals surface area contributed by atoms with E-state index in [0.29, 0.717) is 56.1 Å². The van der Waals surface area contributed by atoms with Gasteiger partial charge in [0, 0.05) is 93.2 Å². The van der Waals surface area contributed by atoms with Crippen LogP contribution in [0.25, 0.3) is 11.0 Å². The van der Waals surface area contributed by atoms with Gasteiger partial charge < -0.3 is 34.1 Å². The molecule has 10 rings (SSSR count). The number of hydrogen-bond acceptors (Lipinski definition) is 14. The molecule has 2 aromatic heterocycles.